The molecule has 2 aliphatic rings. The molecule has 0 spiro atoms. The lowest BCUT2D eigenvalue weighted by atomic mass is 9.96. The number of rotatable bonds is 8. The summed E-state index contributed by atoms with van der Waals surface area (Å²) < 4.78 is 5.15. The largest absolute Gasteiger partial charge is 0.445 e. The first-order chi connectivity index (χ1) is 26.6. The predicted molar refractivity (Wildman–Crippen MR) is 220 cm³/mol. The average molecular weight is 811 g/mol. The molecule has 0 bridgehead atoms. The van der Waals surface area contributed by atoms with Crippen molar-refractivity contribution in [2.45, 2.75) is 47.4 Å². The SMILES string of the molecule is O=C(C[C@H]1c2c(c3ccccc3n2C(=O)[C@@H]2CCC(=O)N2Cc2c3ccccc3cc3ccccc23)C=CN1C(=O)OCC(Cl)(Cl)Cl)SCc1ccccc1. The predicted octanol–water partition coefficient (Wildman–Crippen LogP) is 10.5. The summed E-state index contributed by atoms with van der Waals surface area (Å²) in [7, 11) is 0. The van der Waals surface area contributed by atoms with E-state index in [0.717, 1.165) is 49.8 Å². The number of alkyl halides is 3. The zero-order chi connectivity index (χ0) is 38.3. The van der Waals surface area contributed by atoms with Gasteiger partial charge in [0.1, 0.15) is 12.6 Å². The van der Waals surface area contributed by atoms with Crippen LogP contribution in [0.5, 0.6) is 0 Å². The molecule has 3 heterocycles. The van der Waals surface area contributed by atoms with Crippen LogP contribution in [0.3, 0.4) is 0 Å². The van der Waals surface area contributed by atoms with Gasteiger partial charge < -0.3 is 9.64 Å². The van der Waals surface area contributed by atoms with Gasteiger partial charge in [-0.3, -0.25) is 23.9 Å². The van der Waals surface area contributed by atoms with Gasteiger partial charge in [0.05, 0.1) is 17.3 Å². The summed E-state index contributed by atoms with van der Waals surface area (Å²) in [5.41, 5.74) is 3.67. The van der Waals surface area contributed by atoms with Crippen LogP contribution < -0.4 is 0 Å². The summed E-state index contributed by atoms with van der Waals surface area (Å²) in [5, 5.41) is 4.68. The molecule has 8 rings (SSSR count). The lowest BCUT2D eigenvalue weighted by molar-refractivity contribution is -0.129. The second-order valence-electron chi connectivity index (χ2n) is 13.6. The number of fused-ring (bicyclic) bond motifs is 5. The molecular formula is C43H34Cl3N3O5S. The van der Waals surface area contributed by atoms with Crippen LogP contribution in [0.15, 0.2) is 115 Å². The molecule has 12 heteroatoms. The van der Waals surface area contributed by atoms with Crippen LogP contribution in [-0.4, -0.2) is 53.8 Å². The first kappa shape index (κ1) is 37.1. The summed E-state index contributed by atoms with van der Waals surface area (Å²) in [6.45, 7) is -0.299. The van der Waals surface area contributed by atoms with E-state index in [1.807, 2.05) is 91.0 Å². The zero-order valence-corrected chi connectivity index (χ0v) is 32.5. The Bertz CT molecular complexity index is 2460. The molecule has 1 saturated heterocycles. The number of aromatic nitrogens is 1. The highest BCUT2D eigenvalue weighted by molar-refractivity contribution is 8.12. The van der Waals surface area contributed by atoms with Crippen molar-refractivity contribution >= 4 is 108 Å². The van der Waals surface area contributed by atoms with Gasteiger partial charge in [-0.05, 0) is 57.3 Å². The van der Waals surface area contributed by atoms with E-state index in [-0.39, 0.29) is 36.3 Å². The third-order valence-corrected chi connectivity index (χ3v) is 11.5. The topological polar surface area (TPSA) is 88.9 Å². The summed E-state index contributed by atoms with van der Waals surface area (Å²) in [5.74, 6) is -0.0230. The summed E-state index contributed by atoms with van der Waals surface area (Å²) in [4.78, 5) is 59.5. The molecule has 278 valence electrons. The molecule has 6 aromatic rings. The molecule has 2 aliphatic heterocycles. The van der Waals surface area contributed by atoms with Crippen LogP contribution in [-0.2, 0) is 26.6 Å². The van der Waals surface area contributed by atoms with Crippen molar-refractivity contribution in [1.29, 1.82) is 0 Å². The quantitative estimate of drug-likeness (QED) is 0.112. The number of nitrogens with zero attached hydrogens (tertiary/aromatic N) is 3. The third kappa shape index (κ3) is 7.46. The highest BCUT2D eigenvalue weighted by atomic mass is 35.6. The Morgan fingerprint density at radius 1 is 0.818 bits per heavy atom. The molecule has 0 saturated carbocycles. The minimum Gasteiger partial charge on any atom is -0.445 e. The molecule has 5 aromatic carbocycles. The summed E-state index contributed by atoms with van der Waals surface area (Å²) in [6, 6.07) is 33.5. The van der Waals surface area contributed by atoms with Gasteiger partial charge in [0.15, 0.2) is 5.12 Å². The van der Waals surface area contributed by atoms with Crippen molar-refractivity contribution in [2.75, 3.05) is 6.61 Å². The number of carbonyl (C=O) groups is 4. The normalized spacial score (nSPS) is 17.0. The molecule has 0 radical (unpaired) electrons. The molecule has 8 nitrogen and oxygen atoms in total. The summed E-state index contributed by atoms with van der Waals surface area (Å²) in [6.07, 6.45) is 2.80. The van der Waals surface area contributed by atoms with Gasteiger partial charge in [-0.15, -0.1) is 0 Å². The fourth-order valence-electron chi connectivity index (χ4n) is 7.76. The van der Waals surface area contributed by atoms with Crippen LogP contribution in [0.4, 0.5) is 4.79 Å². The van der Waals surface area contributed by atoms with Crippen LogP contribution in [0.1, 0.15) is 52.5 Å². The van der Waals surface area contributed by atoms with E-state index in [1.165, 1.54) is 4.90 Å². The highest BCUT2D eigenvalue weighted by Crippen LogP contribution is 2.42. The molecule has 1 fully saturated rings. The standard InChI is InChI=1S/C43H34Cl3N3O5S/c44-43(45,46)26-54-42(53)47-21-20-33-32-16-8-9-17-35(32)49(40(33)37(47)23-39(51)55-25-27-10-2-1-3-11-27)41(52)36-18-19-38(50)48(36)24-34-30-14-6-4-12-28(30)22-29-13-5-7-15-31(29)34/h1-17,20-22,36-37H,18-19,23-26H2/t36-,37-/m0/s1. The van der Waals surface area contributed by atoms with E-state index < -0.39 is 28.6 Å². The van der Waals surface area contributed by atoms with E-state index in [4.69, 9.17) is 39.5 Å². The van der Waals surface area contributed by atoms with Gasteiger partial charge in [0.2, 0.25) is 9.70 Å². The minimum absolute atomic E-state index is 0.124. The van der Waals surface area contributed by atoms with Crippen molar-refractivity contribution in [2.24, 2.45) is 0 Å². The third-order valence-electron chi connectivity index (χ3n) is 10.2. The maximum Gasteiger partial charge on any atom is 0.414 e. The van der Waals surface area contributed by atoms with E-state index >= 15 is 4.79 Å². The van der Waals surface area contributed by atoms with Crippen LogP contribution in [0.2, 0.25) is 0 Å². The zero-order valence-electron chi connectivity index (χ0n) is 29.4. The number of hydrogen-bond donors (Lipinski definition) is 0. The van der Waals surface area contributed by atoms with Crippen LogP contribution in [0, 0.1) is 0 Å². The summed E-state index contributed by atoms with van der Waals surface area (Å²) >= 11 is 18.9. The molecule has 0 unspecified atom stereocenters. The highest BCUT2D eigenvalue weighted by Gasteiger charge is 2.42. The number of likely N-dealkylation sites (tertiary alicyclic amines) is 1. The van der Waals surface area contributed by atoms with Gasteiger partial charge in [-0.2, -0.15) is 0 Å². The van der Waals surface area contributed by atoms with Crippen LogP contribution in [0.25, 0.3) is 38.5 Å². The van der Waals surface area contributed by atoms with Crippen molar-refractivity contribution < 1.29 is 23.9 Å². The molecule has 55 heavy (non-hydrogen) atoms. The van der Waals surface area contributed by atoms with Crippen LogP contribution >= 0.6 is 46.6 Å². The monoisotopic (exact) mass is 809 g/mol. The number of para-hydroxylation sites is 1. The Morgan fingerprint density at radius 2 is 1.45 bits per heavy atom. The fraction of sp³-hybridized carbons (Fsp3) is 0.209. The number of halogens is 3. The Kier molecular flexibility index (Phi) is 10.4. The van der Waals surface area contributed by atoms with Crippen molar-refractivity contribution in [1.82, 2.24) is 14.4 Å². The maximum atomic E-state index is 15.2. The second kappa shape index (κ2) is 15.4. The Morgan fingerprint density at radius 3 is 2.15 bits per heavy atom. The lowest BCUT2D eigenvalue weighted by Crippen LogP contribution is -2.43. The number of thioether (sulfide) groups is 1. The molecule has 1 aromatic heterocycles. The van der Waals surface area contributed by atoms with Gasteiger partial charge in [0.25, 0.3) is 5.91 Å². The first-order valence-corrected chi connectivity index (χ1v) is 20.0. The lowest BCUT2D eigenvalue weighted by Gasteiger charge is -2.33. The molecule has 0 N–H and O–H groups in total. The number of amides is 2. The number of benzene rings is 5. The van der Waals surface area contributed by atoms with Gasteiger partial charge in [-0.1, -0.05) is 144 Å². The smallest absolute Gasteiger partial charge is 0.414 e. The van der Waals surface area contributed by atoms with E-state index in [1.54, 1.807) is 21.7 Å². The molecule has 0 aliphatic carbocycles. The van der Waals surface area contributed by atoms with Gasteiger partial charge in [0, 0.05) is 42.3 Å². The average Bonchev–Trinajstić information content (AvgIpc) is 3.73. The second-order valence-corrected chi connectivity index (χ2v) is 17.2. The minimum atomic E-state index is -1.87. The first-order valence-electron chi connectivity index (χ1n) is 17.8. The Balaban J connectivity index is 1.20. The van der Waals surface area contributed by atoms with Gasteiger partial charge >= 0.3 is 6.09 Å². The number of hydrogen-bond acceptors (Lipinski definition) is 6. The number of carbonyl (C=O) groups excluding carboxylic acids is 4. The van der Waals surface area contributed by atoms with Crippen molar-refractivity contribution in [3.05, 3.63) is 138 Å². The van der Waals surface area contributed by atoms with Crippen molar-refractivity contribution in [3.63, 3.8) is 0 Å². The molecule has 2 amide bonds. The van der Waals surface area contributed by atoms with E-state index in [2.05, 4.69) is 18.2 Å². The van der Waals surface area contributed by atoms with E-state index in [0.29, 0.717) is 28.9 Å². The number of ether oxygens (including phenoxy) is 1. The van der Waals surface area contributed by atoms with Gasteiger partial charge in [-0.25, -0.2) is 4.79 Å². The Labute approximate surface area is 336 Å². The maximum absolute atomic E-state index is 15.2. The fourth-order valence-corrected chi connectivity index (χ4v) is 8.72. The molecule has 2 atom stereocenters. The molecular weight excluding hydrogens is 777 g/mol. The van der Waals surface area contributed by atoms with E-state index in [9.17, 15) is 14.4 Å². The van der Waals surface area contributed by atoms with Crippen molar-refractivity contribution in [3.8, 4) is 0 Å². The Hall–Kier alpha value is -4.80.